The Morgan fingerprint density at radius 3 is 2.52 bits per heavy atom. The third-order valence-corrected chi connectivity index (χ3v) is 7.26. The average Bonchev–Trinajstić information content (AvgIpc) is 3.34. The molecule has 3 saturated heterocycles. The molecule has 8 heteroatoms. The Labute approximate surface area is 185 Å². The molecule has 2 bridgehead atoms. The van der Waals surface area contributed by atoms with Gasteiger partial charge in [0, 0.05) is 12.6 Å². The van der Waals surface area contributed by atoms with Gasteiger partial charge >= 0.3 is 0 Å². The summed E-state index contributed by atoms with van der Waals surface area (Å²) in [6.07, 6.45) is 3.46. The van der Waals surface area contributed by atoms with Gasteiger partial charge in [-0.3, -0.25) is 14.4 Å². The minimum atomic E-state index is -1.01. The van der Waals surface area contributed by atoms with E-state index in [0.717, 1.165) is 19.3 Å². The molecule has 3 amide bonds. The van der Waals surface area contributed by atoms with Crippen LogP contribution in [0, 0.1) is 17.8 Å². The van der Waals surface area contributed by atoms with Gasteiger partial charge in [-0.05, 0) is 38.5 Å². The molecular formula is C23H39N3O5. The summed E-state index contributed by atoms with van der Waals surface area (Å²) in [6, 6.07) is -1.37. The van der Waals surface area contributed by atoms with Gasteiger partial charge in [0.25, 0.3) is 0 Å². The van der Waals surface area contributed by atoms with Crippen molar-refractivity contribution in [3.63, 3.8) is 0 Å². The van der Waals surface area contributed by atoms with Crippen LogP contribution in [0.15, 0.2) is 0 Å². The highest BCUT2D eigenvalue weighted by Gasteiger charge is 2.75. The van der Waals surface area contributed by atoms with Gasteiger partial charge < -0.3 is 25.4 Å². The van der Waals surface area contributed by atoms with E-state index in [4.69, 9.17) is 4.74 Å². The SMILES string of the molecule is CCCNC(=O)[C@@H]1[C@@H]2CCC3(O2)C(C(=O)NC(C)CCC)N([C@@H](CO)C(C)C)C(=O)[C@H]13. The second kappa shape index (κ2) is 9.45. The molecule has 3 unspecified atom stereocenters. The molecule has 176 valence electrons. The first kappa shape index (κ1) is 24.0. The molecule has 3 heterocycles. The predicted octanol–water partition coefficient (Wildman–Crippen LogP) is 1.21. The summed E-state index contributed by atoms with van der Waals surface area (Å²) < 4.78 is 6.38. The van der Waals surface area contributed by atoms with Crippen molar-refractivity contribution in [1.82, 2.24) is 15.5 Å². The molecule has 0 aromatic carbocycles. The molecule has 0 saturated carbocycles. The van der Waals surface area contributed by atoms with Crippen molar-refractivity contribution in [1.29, 1.82) is 0 Å². The fourth-order valence-corrected chi connectivity index (χ4v) is 5.86. The Balaban J connectivity index is 1.99. The lowest BCUT2D eigenvalue weighted by Gasteiger charge is -2.38. The van der Waals surface area contributed by atoms with E-state index in [0.29, 0.717) is 19.4 Å². The molecular weight excluding hydrogens is 398 g/mol. The summed E-state index contributed by atoms with van der Waals surface area (Å²) in [6.45, 7) is 10.2. The van der Waals surface area contributed by atoms with Crippen molar-refractivity contribution >= 4 is 17.7 Å². The van der Waals surface area contributed by atoms with E-state index in [2.05, 4.69) is 17.6 Å². The summed E-state index contributed by atoms with van der Waals surface area (Å²) >= 11 is 0. The first-order valence-corrected chi connectivity index (χ1v) is 11.9. The Kier molecular flexibility index (Phi) is 7.31. The highest BCUT2D eigenvalue weighted by molar-refractivity contribution is 5.99. The predicted molar refractivity (Wildman–Crippen MR) is 116 cm³/mol. The maximum Gasteiger partial charge on any atom is 0.246 e. The van der Waals surface area contributed by atoms with Crippen LogP contribution in [0.5, 0.6) is 0 Å². The maximum atomic E-state index is 13.8. The standard InChI is InChI=1S/C23H39N3O5/c1-6-8-14(5)25-21(29)19-23-10-9-16(31-23)17(20(28)24-11-7-2)18(23)22(30)26(19)15(12-27)13(3)4/h13-19,27H,6-12H2,1-5H3,(H,24,28)(H,25,29)/t14?,15-,16-,17+,18-,19?,23?/m0/s1. The number of fused-ring (bicyclic) bond motifs is 1. The summed E-state index contributed by atoms with van der Waals surface area (Å²) in [5.74, 6) is -1.98. The van der Waals surface area contributed by atoms with E-state index in [1.165, 1.54) is 0 Å². The van der Waals surface area contributed by atoms with Crippen molar-refractivity contribution in [2.45, 2.75) is 96.6 Å². The molecule has 8 nitrogen and oxygen atoms in total. The second-order valence-corrected chi connectivity index (χ2v) is 9.78. The Hall–Kier alpha value is -1.67. The van der Waals surface area contributed by atoms with Crippen molar-refractivity contribution in [2.75, 3.05) is 13.2 Å². The van der Waals surface area contributed by atoms with Gasteiger partial charge in [-0.25, -0.2) is 0 Å². The van der Waals surface area contributed by atoms with E-state index in [9.17, 15) is 19.5 Å². The molecule has 0 radical (unpaired) electrons. The zero-order chi connectivity index (χ0) is 22.9. The molecule has 0 aromatic heterocycles. The van der Waals surface area contributed by atoms with Crippen LogP contribution >= 0.6 is 0 Å². The quantitative estimate of drug-likeness (QED) is 0.476. The number of ether oxygens (including phenoxy) is 1. The molecule has 1 spiro atoms. The number of amides is 3. The summed E-state index contributed by atoms with van der Waals surface area (Å²) in [7, 11) is 0. The number of rotatable bonds is 10. The molecule has 31 heavy (non-hydrogen) atoms. The normalized spacial score (nSPS) is 33.5. The molecule has 3 rings (SSSR count). The van der Waals surface area contributed by atoms with Crippen LogP contribution < -0.4 is 10.6 Å². The number of hydrogen-bond donors (Lipinski definition) is 3. The van der Waals surface area contributed by atoms with Crippen LogP contribution in [0.1, 0.15) is 66.7 Å². The highest BCUT2D eigenvalue weighted by atomic mass is 16.5. The van der Waals surface area contributed by atoms with Crippen molar-refractivity contribution in [3.05, 3.63) is 0 Å². The Morgan fingerprint density at radius 2 is 1.94 bits per heavy atom. The third-order valence-electron chi connectivity index (χ3n) is 7.26. The zero-order valence-corrected chi connectivity index (χ0v) is 19.5. The minimum absolute atomic E-state index is 0.0289. The Morgan fingerprint density at radius 1 is 1.23 bits per heavy atom. The van der Waals surface area contributed by atoms with Gasteiger partial charge in [-0.15, -0.1) is 0 Å². The second-order valence-electron chi connectivity index (χ2n) is 9.78. The van der Waals surface area contributed by atoms with E-state index in [-0.39, 0.29) is 42.4 Å². The lowest BCUT2D eigenvalue weighted by Crippen LogP contribution is -2.59. The number of carbonyl (C=O) groups excluding carboxylic acids is 3. The van der Waals surface area contributed by atoms with Crippen LogP contribution in [-0.2, 0) is 19.1 Å². The van der Waals surface area contributed by atoms with Gasteiger partial charge in [0.2, 0.25) is 17.7 Å². The molecule has 0 aliphatic carbocycles. The number of aliphatic hydroxyl groups is 1. The first-order valence-electron chi connectivity index (χ1n) is 11.9. The largest absolute Gasteiger partial charge is 0.394 e. The fourth-order valence-electron chi connectivity index (χ4n) is 5.86. The summed E-state index contributed by atoms with van der Waals surface area (Å²) in [4.78, 5) is 41.8. The highest BCUT2D eigenvalue weighted by Crippen LogP contribution is 2.59. The lowest BCUT2D eigenvalue weighted by atomic mass is 9.70. The van der Waals surface area contributed by atoms with Crippen LogP contribution in [0.3, 0.4) is 0 Å². The number of carbonyl (C=O) groups is 3. The van der Waals surface area contributed by atoms with Crippen LogP contribution in [0.2, 0.25) is 0 Å². The van der Waals surface area contributed by atoms with Gasteiger partial charge in [0.15, 0.2) is 0 Å². The van der Waals surface area contributed by atoms with Gasteiger partial charge in [0.05, 0.1) is 30.6 Å². The Bertz CT molecular complexity index is 699. The van der Waals surface area contributed by atoms with Crippen LogP contribution in [0.25, 0.3) is 0 Å². The van der Waals surface area contributed by atoms with Gasteiger partial charge in [0.1, 0.15) is 11.6 Å². The molecule has 3 aliphatic rings. The summed E-state index contributed by atoms with van der Waals surface area (Å²) in [5.41, 5.74) is -1.01. The van der Waals surface area contributed by atoms with Gasteiger partial charge in [-0.1, -0.05) is 34.1 Å². The van der Waals surface area contributed by atoms with Crippen molar-refractivity contribution in [3.8, 4) is 0 Å². The average molecular weight is 438 g/mol. The molecule has 7 atom stereocenters. The van der Waals surface area contributed by atoms with E-state index in [1.54, 1.807) is 4.90 Å². The molecule has 3 fully saturated rings. The zero-order valence-electron chi connectivity index (χ0n) is 19.5. The maximum absolute atomic E-state index is 13.8. The molecule has 3 aliphatic heterocycles. The number of likely N-dealkylation sites (tertiary alicyclic amines) is 1. The lowest BCUT2D eigenvalue weighted by molar-refractivity contribution is -0.147. The number of nitrogens with zero attached hydrogens (tertiary/aromatic N) is 1. The van der Waals surface area contributed by atoms with Crippen LogP contribution in [0.4, 0.5) is 0 Å². The number of nitrogens with one attached hydrogen (secondary N) is 2. The topological polar surface area (TPSA) is 108 Å². The van der Waals surface area contributed by atoms with Gasteiger partial charge in [-0.2, -0.15) is 0 Å². The van der Waals surface area contributed by atoms with E-state index >= 15 is 0 Å². The van der Waals surface area contributed by atoms with E-state index in [1.807, 2.05) is 27.7 Å². The molecule has 0 aromatic rings. The third kappa shape index (κ3) is 3.97. The van der Waals surface area contributed by atoms with Crippen molar-refractivity contribution in [2.24, 2.45) is 17.8 Å². The minimum Gasteiger partial charge on any atom is -0.394 e. The van der Waals surface area contributed by atoms with E-state index < -0.39 is 29.5 Å². The fraction of sp³-hybridized carbons (Fsp3) is 0.870. The van der Waals surface area contributed by atoms with Crippen molar-refractivity contribution < 1.29 is 24.2 Å². The monoisotopic (exact) mass is 437 g/mol. The molecule has 3 N–H and O–H groups in total. The summed E-state index contributed by atoms with van der Waals surface area (Å²) in [5, 5.41) is 16.1. The van der Waals surface area contributed by atoms with Crippen LogP contribution in [-0.4, -0.2) is 70.7 Å². The number of aliphatic hydroxyl groups excluding tert-OH is 1. The number of hydrogen-bond acceptors (Lipinski definition) is 5. The smallest absolute Gasteiger partial charge is 0.246 e. The first-order chi connectivity index (χ1) is 14.7.